The standard InChI is InChI=1S/C13H10Br2O4/c1-17-12-7(14)6-8(15)13(18-2)10(12)11(16)9-4-3-5-19-9/h3-6H,1-2H3. The van der Waals surface area contributed by atoms with E-state index in [0.29, 0.717) is 26.0 Å². The van der Waals surface area contributed by atoms with E-state index in [0.717, 1.165) is 0 Å². The van der Waals surface area contributed by atoms with Crippen LogP contribution in [0.4, 0.5) is 0 Å². The second-order valence-electron chi connectivity index (χ2n) is 3.59. The van der Waals surface area contributed by atoms with Crippen molar-refractivity contribution < 1.29 is 18.7 Å². The maximum Gasteiger partial charge on any atom is 0.235 e. The molecular formula is C13H10Br2O4. The van der Waals surface area contributed by atoms with E-state index in [4.69, 9.17) is 13.9 Å². The molecule has 1 aromatic carbocycles. The zero-order chi connectivity index (χ0) is 14.0. The molecule has 0 radical (unpaired) electrons. The van der Waals surface area contributed by atoms with Gasteiger partial charge in [0.2, 0.25) is 5.78 Å². The van der Waals surface area contributed by atoms with Gasteiger partial charge in [-0.2, -0.15) is 0 Å². The number of ether oxygens (including phenoxy) is 2. The summed E-state index contributed by atoms with van der Waals surface area (Å²) in [5.74, 6) is 0.727. The second kappa shape index (κ2) is 5.79. The smallest absolute Gasteiger partial charge is 0.235 e. The van der Waals surface area contributed by atoms with Gasteiger partial charge in [0.15, 0.2) is 5.76 Å². The molecule has 0 unspecified atom stereocenters. The fourth-order valence-electron chi connectivity index (χ4n) is 1.72. The lowest BCUT2D eigenvalue weighted by atomic mass is 10.1. The van der Waals surface area contributed by atoms with Gasteiger partial charge in [0.25, 0.3) is 0 Å². The first-order valence-electron chi connectivity index (χ1n) is 5.28. The fourth-order valence-corrected chi connectivity index (χ4v) is 3.21. The van der Waals surface area contributed by atoms with Crippen LogP contribution in [0.15, 0.2) is 37.8 Å². The highest BCUT2D eigenvalue weighted by atomic mass is 79.9. The van der Waals surface area contributed by atoms with E-state index in [1.54, 1.807) is 18.2 Å². The van der Waals surface area contributed by atoms with Crippen molar-refractivity contribution >= 4 is 37.6 Å². The van der Waals surface area contributed by atoms with Gasteiger partial charge in [0.1, 0.15) is 17.1 Å². The van der Waals surface area contributed by atoms with Gasteiger partial charge in [-0.05, 0) is 50.1 Å². The first-order valence-corrected chi connectivity index (χ1v) is 6.87. The van der Waals surface area contributed by atoms with E-state index in [-0.39, 0.29) is 11.5 Å². The van der Waals surface area contributed by atoms with Crippen molar-refractivity contribution in [3.8, 4) is 11.5 Å². The minimum atomic E-state index is -0.305. The van der Waals surface area contributed by atoms with Crippen LogP contribution in [0.25, 0.3) is 0 Å². The summed E-state index contributed by atoms with van der Waals surface area (Å²) in [4.78, 5) is 12.5. The van der Waals surface area contributed by atoms with Crippen LogP contribution in [0.5, 0.6) is 11.5 Å². The molecule has 100 valence electrons. The lowest BCUT2D eigenvalue weighted by Gasteiger charge is -2.14. The number of ketones is 1. The van der Waals surface area contributed by atoms with Crippen LogP contribution in [-0.2, 0) is 0 Å². The largest absolute Gasteiger partial charge is 0.495 e. The Morgan fingerprint density at radius 3 is 2.16 bits per heavy atom. The van der Waals surface area contributed by atoms with Crippen LogP contribution in [-0.4, -0.2) is 20.0 Å². The molecule has 0 amide bonds. The quantitative estimate of drug-likeness (QED) is 0.740. The molecule has 0 atom stereocenters. The van der Waals surface area contributed by atoms with Crippen molar-refractivity contribution in [2.75, 3.05) is 14.2 Å². The molecule has 0 N–H and O–H groups in total. The Labute approximate surface area is 127 Å². The number of carbonyl (C=O) groups is 1. The summed E-state index contributed by atoms with van der Waals surface area (Å²) in [7, 11) is 2.98. The maximum atomic E-state index is 12.5. The van der Waals surface area contributed by atoms with Crippen LogP contribution >= 0.6 is 31.9 Å². The lowest BCUT2D eigenvalue weighted by molar-refractivity contribution is 0.100. The monoisotopic (exact) mass is 388 g/mol. The Morgan fingerprint density at radius 1 is 1.16 bits per heavy atom. The minimum Gasteiger partial charge on any atom is -0.495 e. The fraction of sp³-hybridized carbons (Fsp3) is 0.154. The van der Waals surface area contributed by atoms with Crippen molar-refractivity contribution in [3.63, 3.8) is 0 Å². The number of hydrogen-bond acceptors (Lipinski definition) is 4. The molecule has 0 aliphatic carbocycles. The van der Waals surface area contributed by atoms with Crippen molar-refractivity contribution in [1.82, 2.24) is 0 Å². The molecule has 0 fully saturated rings. The number of furan rings is 1. The average molecular weight is 390 g/mol. The van der Waals surface area contributed by atoms with E-state index in [1.165, 1.54) is 20.5 Å². The predicted octanol–water partition coefficient (Wildman–Crippen LogP) is 4.05. The highest BCUT2D eigenvalue weighted by Crippen LogP contribution is 2.42. The minimum absolute atomic E-state index is 0.224. The normalized spacial score (nSPS) is 10.3. The van der Waals surface area contributed by atoms with E-state index in [2.05, 4.69) is 31.9 Å². The van der Waals surface area contributed by atoms with E-state index < -0.39 is 0 Å². The highest BCUT2D eigenvalue weighted by molar-refractivity contribution is 9.11. The molecule has 1 aromatic heterocycles. The molecule has 0 bridgehead atoms. The Kier molecular flexibility index (Phi) is 4.31. The third-order valence-corrected chi connectivity index (χ3v) is 3.70. The van der Waals surface area contributed by atoms with Crippen molar-refractivity contribution in [2.24, 2.45) is 0 Å². The van der Waals surface area contributed by atoms with Crippen molar-refractivity contribution in [3.05, 3.63) is 44.7 Å². The van der Waals surface area contributed by atoms with Crippen molar-refractivity contribution in [2.45, 2.75) is 0 Å². The Hall–Kier alpha value is -1.27. The van der Waals surface area contributed by atoms with E-state index >= 15 is 0 Å². The van der Waals surface area contributed by atoms with Crippen LogP contribution in [0, 0.1) is 0 Å². The third-order valence-electron chi connectivity index (χ3n) is 2.52. The van der Waals surface area contributed by atoms with Crippen LogP contribution in [0.2, 0.25) is 0 Å². The van der Waals surface area contributed by atoms with Gasteiger partial charge in [0.05, 0.1) is 29.4 Å². The molecule has 0 aliphatic heterocycles. The summed E-state index contributed by atoms with van der Waals surface area (Å²) in [6.45, 7) is 0. The number of rotatable bonds is 4. The molecule has 0 spiro atoms. The molecule has 2 rings (SSSR count). The summed E-state index contributed by atoms with van der Waals surface area (Å²) >= 11 is 6.72. The summed E-state index contributed by atoms with van der Waals surface area (Å²) < 4.78 is 17.0. The molecule has 0 saturated carbocycles. The summed E-state index contributed by atoms with van der Waals surface area (Å²) in [5, 5.41) is 0. The SMILES string of the molecule is COc1c(Br)cc(Br)c(OC)c1C(=O)c1ccco1. The predicted molar refractivity (Wildman–Crippen MR) is 77.1 cm³/mol. The van der Waals surface area contributed by atoms with Gasteiger partial charge >= 0.3 is 0 Å². The Balaban J connectivity index is 2.69. The summed E-state index contributed by atoms with van der Waals surface area (Å²) in [5.41, 5.74) is 0.307. The molecule has 0 saturated heterocycles. The second-order valence-corrected chi connectivity index (χ2v) is 5.30. The molecule has 19 heavy (non-hydrogen) atoms. The van der Waals surface area contributed by atoms with Gasteiger partial charge < -0.3 is 13.9 Å². The van der Waals surface area contributed by atoms with Gasteiger partial charge in [-0.25, -0.2) is 0 Å². The molecule has 1 heterocycles. The van der Waals surface area contributed by atoms with Gasteiger partial charge in [0, 0.05) is 0 Å². The topological polar surface area (TPSA) is 48.7 Å². The Bertz CT molecular complexity index is 577. The molecular weight excluding hydrogens is 380 g/mol. The van der Waals surface area contributed by atoms with E-state index in [9.17, 15) is 4.79 Å². The number of methoxy groups -OCH3 is 2. The molecule has 4 nitrogen and oxygen atoms in total. The Morgan fingerprint density at radius 2 is 1.74 bits per heavy atom. The third kappa shape index (κ3) is 2.55. The number of halogens is 2. The zero-order valence-electron chi connectivity index (χ0n) is 10.2. The van der Waals surface area contributed by atoms with Crippen LogP contribution in [0.1, 0.15) is 16.1 Å². The van der Waals surface area contributed by atoms with Gasteiger partial charge in [-0.1, -0.05) is 0 Å². The van der Waals surface area contributed by atoms with Gasteiger partial charge in [-0.3, -0.25) is 4.79 Å². The van der Waals surface area contributed by atoms with Gasteiger partial charge in [-0.15, -0.1) is 0 Å². The average Bonchev–Trinajstić information content (AvgIpc) is 2.91. The first-order chi connectivity index (χ1) is 9.10. The maximum absolute atomic E-state index is 12.5. The number of benzene rings is 1. The molecule has 0 aliphatic rings. The highest BCUT2D eigenvalue weighted by Gasteiger charge is 2.26. The lowest BCUT2D eigenvalue weighted by Crippen LogP contribution is -2.07. The summed E-state index contributed by atoms with van der Waals surface area (Å²) in [6, 6.07) is 5.01. The van der Waals surface area contributed by atoms with Crippen LogP contribution < -0.4 is 9.47 Å². The number of hydrogen-bond donors (Lipinski definition) is 0. The van der Waals surface area contributed by atoms with Crippen LogP contribution in [0.3, 0.4) is 0 Å². The number of carbonyl (C=O) groups excluding carboxylic acids is 1. The first kappa shape index (κ1) is 14.1. The zero-order valence-corrected chi connectivity index (χ0v) is 13.4. The molecule has 2 aromatic rings. The molecule has 6 heteroatoms. The summed E-state index contributed by atoms with van der Waals surface area (Å²) in [6.07, 6.45) is 1.44. The van der Waals surface area contributed by atoms with Crippen molar-refractivity contribution in [1.29, 1.82) is 0 Å². The van der Waals surface area contributed by atoms with E-state index in [1.807, 2.05) is 0 Å².